The third-order valence-electron chi connectivity index (χ3n) is 3.88. The lowest BCUT2D eigenvalue weighted by Gasteiger charge is -2.37. The van der Waals surface area contributed by atoms with E-state index in [0.29, 0.717) is 6.42 Å². The van der Waals surface area contributed by atoms with Crippen LogP contribution in [-0.4, -0.2) is 23.8 Å². The molecule has 0 fully saturated rings. The number of carbonyl (C=O) groups is 2. The van der Waals surface area contributed by atoms with Crippen LogP contribution < -0.4 is 5.32 Å². The van der Waals surface area contributed by atoms with E-state index < -0.39 is 0 Å². The van der Waals surface area contributed by atoms with E-state index in [4.69, 9.17) is 0 Å². The van der Waals surface area contributed by atoms with E-state index >= 15 is 0 Å². The number of hydrogen-bond acceptors (Lipinski definition) is 2. The smallest absolute Gasteiger partial charge is 0.322 e. The highest BCUT2D eigenvalue weighted by molar-refractivity contribution is 9.10. The van der Waals surface area contributed by atoms with Gasteiger partial charge in [-0.25, -0.2) is 4.79 Å². The monoisotopic (exact) mass is 334 g/mol. The van der Waals surface area contributed by atoms with Gasteiger partial charge in [0.05, 0.1) is 6.04 Å². The lowest BCUT2D eigenvalue weighted by molar-refractivity contribution is -0.116. The Balaban J connectivity index is 2.12. The quantitative estimate of drug-likeness (QED) is 0.857. The van der Waals surface area contributed by atoms with Gasteiger partial charge < -0.3 is 10.2 Å². The molecule has 1 N–H and O–H groups in total. The fraction of sp³-hybridized carbons (Fsp3) is 0.333. The zero-order valence-electron chi connectivity index (χ0n) is 11.1. The second-order valence-electron chi connectivity index (χ2n) is 5.13. The van der Waals surface area contributed by atoms with E-state index in [0.717, 1.165) is 34.1 Å². The van der Waals surface area contributed by atoms with Crippen LogP contribution in [0.15, 0.2) is 40.0 Å². The minimum Gasteiger partial charge on any atom is -0.327 e. The Morgan fingerprint density at radius 1 is 1.30 bits per heavy atom. The highest BCUT2D eigenvalue weighted by Crippen LogP contribution is 2.36. The summed E-state index contributed by atoms with van der Waals surface area (Å²) in [7, 11) is 1.72. The number of carbonyl (C=O) groups excluding carboxylic acids is 2. The summed E-state index contributed by atoms with van der Waals surface area (Å²) in [5, 5.41) is 2.93. The van der Waals surface area contributed by atoms with Crippen LogP contribution in [-0.2, 0) is 4.79 Å². The fourth-order valence-electron chi connectivity index (χ4n) is 2.87. The molecule has 1 atom stereocenters. The van der Waals surface area contributed by atoms with E-state index in [9.17, 15) is 9.59 Å². The molecule has 0 aromatic heterocycles. The maximum absolute atomic E-state index is 12.3. The van der Waals surface area contributed by atoms with Gasteiger partial charge in [-0.1, -0.05) is 28.1 Å². The number of halogens is 1. The van der Waals surface area contributed by atoms with Crippen LogP contribution in [0.5, 0.6) is 0 Å². The highest BCUT2D eigenvalue weighted by atomic mass is 79.9. The molecule has 0 bridgehead atoms. The molecule has 104 valence electrons. The first-order chi connectivity index (χ1) is 9.58. The zero-order chi connectivity index (χ0) is 14.3. The number of ketones is 1. The van der Waals surface area contributed by atoms with Crippen molar-refractivity contribution in [1.29, 1.82) is 0 Å². The number of amides is 2. The first kappa shape index (κ1) is 13.4. The lowest BCUT2D eigenvalue weighted by Crippen LogP contribution is -2.47. The van der Waals surface area contributed by atoms with Crippen LogP contribution in [0.4, 0.5) is 4.79 Å². The van der Waals surface area contributed by atoms with Gasteiger partial charge in [0, 0.05) is 29.2 Å². The average molecular weight is 335 g/mol. The zero-order valence-corrected chi connectivity index (χ0v) is 12.7. The Morgan fingerprint density at radius 3 is 2.85 bits per heavy atom. The molecule has 3 rings (SSSR count). The molecule has 1 aliphatic heterocycles. The van der Waals surface area contributed by atoms with Gasteiger partial charge in [0.1, 0.15) is 0 Å². The van der Waals surface area contributed by atoms with Gasteiger partial charge in [0.25, 0.3) is 0 Å². The van der Waals surface area contributed by atoms with Crippen molar-refractivity contribution in [3.05, 3.63) is 45.6 Å². The first-order valence-electron chi connectivity index (χ1n) is 6.64. The number of nitrogens with zero attached hydrogens (tertiary/aromatic N) is 1. The van der Waals surface area contributed by atoms with Crippen molar-refractivity contribution in [2.75, 3.05) is 7.05 Å². The molecule has 0 saturated carbocycles. The number of nitrogens with one attached hydrogen (secondary N) is 1. The Labute approximate surface area is 126 Å². The van der Waals surface area contributed by atoms with Gasteiger partial charge >= 0.3 is 6.03 Å². The number of urea groups is 1. The van der Waals surface area contributed by atoms with Crippen LogP contribution in [0, 0.1) is 0 Å². The number of Topliss-reactive ketones (excluding diaryl/α,β-unsaturated/α-hetero) is 1. The minimum absolute atomic E-state index is 0.142. The topological polar surface area (TPSA) is 49.4 Å². The van der Waals surface area contributed by atoms with Crippen molar-refractivity contribution in [3.8, 4) is 0 Å². The number of benzene rings is 1. The summed E-state index contributed by atoms with van der Waals surface area (Å²) >= 11 is 3.43. The van der Waals surface area contributed by atoms with Gasteiger partial charge in [-0.05, 0) is 30.5 Å². The molecule has 1 heterocycles. The summed E-state index contributed by atoms with van der Waals surface area (Å²) in [4.78, 5) is 26.0. The third-order valence-corrected chi connectivity index (χ3v) is 4.37. The lowest BCUT2D eigenvalue weighted by atomic mass is 9.85. The second kappa shape index (κ2) is 5.05. The summed E-state index contributed by atoms with van der Waals surface area (Å²) in [5.74, 6) is 0.142. The molecule has 0 saturated heterocycles. The summed E-state index contributed by atoms with van der Waals surface area (Å²) in [6.45, 7) is 0. The Morgan fingerprint density at radius 2 is 2.10 bits per heavy atom. The van der Waals surface area contributed by atoms with Crippen molar-refractivity contribution in [2.45, 2.75) is 25.3 Å². The van der Waals surface area contributed by atoms with Crippen LogP contribution in [0.25, 0.3) is 0 Å². The summed E-state index contributed by atoms with van der Waals surface area (Å²) in [5.41, 5.74) is 2.55. The maximum atomic E-state index is 12.3. The normalized spacial score (nSPS) is 22.7. The van der Waals surface area contributed by atoms with Gasteiger partial charge in [-0.3, -0.25) is 4.79 Å². The summed E-state index contributed by atoms with van der Waals surface area (Å²) in [6.07, 6.45) is 2.17. The van der Waals surface area contributed by atoms with E-state index in [-0.39, 0.29) is 17.9 Å². The molecular weight excluding hydrogens is 320 g/mol. The van der Waals surface area contributed by atoms with Gasteiger partial charge in [0.15, 0.2) is 5.78 Å². The second-order valence-corrected chi connectivity index (χ2v) is 6.05. The molecule has 1 aromatic rings. The molecule has 0 spiro atoms. The SMILES string of the molecule is CN1C(=O)NC(c2cccc(Br)c2)C2=C1CCCC2=O. The first-order valence-corrected chi connectivity index (χ1v) is 7.43. The summed E-state index contributed by atoms with van der Waals surface area (Å²) < 4.78 is 0.939. The molecule has 1 aromatic carbocycles. The third kappa shape index (κ3) is 2.16. The Bertz CT molecular complexity index is 624. The van der Waals surface area contributed by atoms with Crippen molar-refractivity contribution in [3.63, 3.8) is 0 Å². The minimum atomic E-state index is -0.334. The van der Waals surface area contributed by atoms with Crippen molar-refractivity contribution in [1.82, 2.24) is 10.2 Å². The standard InChI is InChI=1S/C15H15BrN2O2/c1-18-11-6-3-7-12(19)13(11)14(17-15(18)20)9-4-2-5-10(16)8-9/h2,4-5,8,14H,3,6-7H2,1H3,(H,17,20). The number of allylic oxidation sites excluding steroid dienone is 1. The highest BCUT2D eigenvalue weighted by Gasteiger charge is 2.37. The molecular formula is C15H15BrN2O2. The van der Waals surface area contributed by atoms with E-state index in [1.807, 2.05) is 24.3 Å². The van der Waals surface area contributed by atoms with E-state index in [1.165, 1.54) is 0 Å². The molecule has 5 heteroatoms. The molecule has 2 amide bonds. The molecule has 1 aliphatic carbocycles. The largest absolute Gasteiger partial charge is 0.327 e. The van der Waals surface area contributed by atoms with Crippen molar-refractivity contribution in [2.24, 2.45) is 0 Å². The summed E-state index contributed by atoms with van der Waals surface area (Å²) in [6, 6.07) is 7.24. The van der Waals surface area contributed by atoms with Crippen LogP contribution in [0.2, 0.25) is 0 Å². The van der Waals surface area contributed by atoms with Crippen LogP contribution >= 0.6 is 15.9 Å². The predicted molar refractivity (Wildman–Crippen MR) is 79.1 cm³/mol. The molecule has 1 unspecified atom stereocenters. The molecule has 4 nitrogen and oxygen atoms in total. The van der Waals surface area contributed by atoms with E-state index in [2.05, 4.69) is 21.2 Å². The maximum Gasteiger partial charge on any atom is 0.322 e. The van der Waals surface area contributed by atoms with Crippen molar-refractivity contribution >= 4 is 27.7 Å². The molecule has 2 aliphatic rings. The van der Waals surface area contributed by atoms with E-state index in [1.54, 1.807) is 11.9 Å². The predicted octanol–water partition coefficient (Wildman–Crippen LogP) is 3.15. The van der Waals surface area contributed by atoms with Gasteiger partial charge in [-0.15, -0.1) is 0 Å². The molecule has 0 radical (unpaired) electrons. The van der Waals surface area contributed by atoms with Crippen LogP contribution in [0.3, 0.4) is 0 Å². The Kier molecular flexibility index (Phi) is 3.38. The Hall–Kier alpha value is -1.62. The van der Waals surface area contributed by atoms with Gasteiger partial charge in [-0.2, -0.15) is 0 Å². The number of rotatable bonds is 1. The molecule has 20 heavy (non-hydrogen) atoms. The van der Waals surface area contributed by atoms with Gasteiger partial charge in [0.2, 0.25) is 0 Å². The average Bonchev–Trinajstić information content (AvgIpc) is 2.43. The number of hydrogen-bond donors (Lipinski definition) is 1. The van der Waals surface area contributed by atoms with Crippen LogP contribution in [0.1, 0.15) is 30.9 Å². The van der Waals surface area contributed by atoms with Crippen molar-refractivity contribution < 1.29 is 9.59 Å². The fourth-order valence-corrected chi connectivity index (χ4v) is 3.29.